The quantitative estimate of drug-likeness (QED) is 0.906. The van der Waals surface area contributed by atoms with E-state index in [1.54, 1.807) is 0 Å². The number of benzene rings is 1. The molecule has 1 aromatic rings. The van der Waals surface area contributed by atoms with E-state index in [1.165, 1.54) is 5.56 Å². The van der Waals surface area contributed by atoms with Gasteiger partial charge in [0.05, 0.1) is 0 Å². The molecule has 1 N–H and O–H groups in total. The lowest BCUT2D eigenvalue weighted by molar-refractivity contribution is -0.119. The van der Waals surface area contributed by atoms with Crippen molar-refractivity contribution in [3.8, 4) is 0 Å². The number of amides is 1. The van der Waals surface area contributed by atoms with Gasteiger partial charge in [0, 0.05) is 42.7 Å². The molecule has 1 fully saturated rings. The Kier molecular flexibility index (Phi) is 5.97. The molecule has 0 radical (unpaired) electrons. The summed E-state index contributed by atoms with van der Waals surface area (Å²) in [7, 11) is 0. The summed E-state index contributed by atoms with van der Waals surface area (Å²) in [4.78, 5) is 14.6. The molecule has 0 spiro atoms. The fourth-order valence-electron chi connectivity index (χ4n) is 3.08. The van der Waals surface area contributed by atoms with Gasteiger partial charge in [-0.05, 0) is 24.0 Å². The first-order valence-corrected chi connectivity index (χ1v) is 8.61. The number of fused-ring (bicyclic) bond motifs is 1. The second kappa shape index (κ2) is 7.52. The third kappa shape index (κ3) is 3.74. The second-order valence-electron chi connectivity index (χ2n) is 5.72. The molecule has 2 heterocycles. The minimum atomic E-state index is 0. The lowest BCUT2D eigenvalue weighted by Crippen LogP contribution is -2.44. The van der Waals surface area contributed by atoms with Gasteiger partial charge in [-0.25, -0.2) is 0 Å². The van der Waals surface area contributed by atoms with Gasteiger partial charge in [0.15, 0.2) is 0 Å². The lowest BCUT2D eigenvalue weighted by atomic mass is 9.91. The minimum absolute atomic E-state index is 0. The van der Waals surface area contributed by atoms with Gasteiger partial charge >= 0.3 is 0 Å². The number of anilines is 1. The summed E-state index contributed by atoms with van der Waals surface area (Å²) in [5, 5.41) is 3.45. The maximum atomic E-state index is 12.6. The number of hydrogen-bond acceptors (Lipinski definition) is 3. The molecule has 0 bridgehead atoms. The first-order valence-electron chi connectivity index (χ1n) is 7.46. The van der Waals surface area contributed by atoms with Crippen LogP contribution in [0.5, 0.6) is 0 Å². The zero-order valence-corrected chi connectivity index (χ0v) is 14.0. The number of rotatable bonds is 2. The van der Waals surface area contributed by atoms with Gasteiger partial charge in [-0.1, -0.05) is 25.1 Å². The van der Waals surface area contributed by atoms with Crippen molar-refractivity contribution in [2.45, 2.75) is 31.7 Å². The van der Waals surface area contributed by atoms with E-state index in [4.69, 9.17) is 0 Å². The molecule has 2 unspecified atom stereocenters. The number of thioether (sulfide) groups is 1. The summed E-state index contributed by atoms with van der Waals surface area (Å²) in [5.74, 6) is 3.04. The monoisotopic (exact) mass is 326 g/mol. The summed E-state index contributed by atoms with van der Waals surface area (Å²) in [5.41, 5.74) is 2.44. The standard InChI is InChI=1S/C16H22N2OS.ClH/c1-12-6-8-18(15-5-3-2-4-14(12)15)16(19)10-13-11-20-9-7-17-13;/h2-5,12-13,17H,6-11H2,1H3;1H. The van der Waals surface area contributed by atoms with Gasteiger partial charge in [0.1, 0.15) is 0 Å². The van der Waals surface area contributed by atoms with Crippen molar-refractivity contribution < 1.29 is 4.79 Å². The molecule has 0 aromatic heterocycles. The summed E-state index contributed by atoms with van der Waals surface area (Å²) in [6, 6.07) is 8.70. The van der Waals surface area contributed by atoms with E-state index in [0.29, 0.717) is 18.4 Å². The van der Waals surface area contributed by atoms with Crippen LogP contribution in [0, 0.1) is 0 Å². The highest BCUT2D eigenvalue weighted by molar-refractivity contribution is 7.99. The molecule has 1 aromatic carbocycles. The number of carbonyl (C=O) groups excluding carboxylic acids is 1. The smallest absolute Gasteiger partial charge is 0.228 e. The number of nitrogens with zero attached hydrogens (tertiary/aromatic N) is 1. The van der Waals surface area contributed by atoms with Crippen molar-refractivity contribution in [2.75, 3.05) is 29.5 Å². The summed E-state index contributed by atoms with van der Waals surface area (Å²) in [6.45, 7) is 4.13. The molecule has 1 saturated heterocycles. The molecular weight excluding hydrogens is 304 g/mol. The Morgan fingerprint density at radius 2 is 2.24 bits per heavy atom. The Bertz CT molecular complexity index is 491. The molecule has 21 heavy (non-hydrogen) atoms. The molecule has 5 heteroatoms. The second-order valence-corrected chi connectivity index (χ2v) is 6.87. The predicted molar refractivity (Wildman–Crippen MR) is 92.8 cm³/mol. The van der Waals surface area contributed by atoms with Crippen LogP contribution in [-0.2, 0) is 4.79 Å². The van der Waals surface area contributed by atoms with E-state index in [2.05, 4.69) is 30.4 Å². The molecule has 0 aliphatic carbocycles. The molecule has 1 amide bonds. The number of para-hydroxylation sites is 1. The van der Waals surface area contributed by atoms with Crippen molar-refractivity contribution in [3.05, 3.63) is 29.8 Å². The summed E-state index contributed by atoms with van der Waals surface area (Å²) >= 11 is 1.94. The number of hydrogen-bond donors (Lipinski definition) is 1. The molecular formula is C16H23ClN2OS. The van der Waals surface area contributed by atoms with E-state index in [0.717, 1.165) is 36.7 Å². The van der Waals surface area contributed by atoms with Crippen LogP contribution in [0.15, 0.2) is 24.3 Å². The van der Waals surface area contributed by atoms with E-state index in [1.807, 2.05) is 22.7 Å². The van der Waals surface area contributed by atoms with E-state index in [-0.39, 0.29) is 18.3 Å². The van der Waals surface area contributed by atoms with Gasteiger partial charge in [0.2, 0.25) is 5.91 Å². The fraction of sp³-hybridized carbons (Fsp3) is 0.562. The van der Waals surface area contributed by atoms with Gasteiger partial charge in [0.25, 0.3) is 0 Å². The van der Waals surface area contributed by atoms with Crippen LogP contribution >= 0.6 is 24.2 Å². The summed E-state index contributed by atoms with van der Waals surface area (Å²) in [6.07, 6.45) is 1.69. The highest BCUT2D eigenvalue weighted by Gasteiger charge is 2.27. The predicted octanol–water partition coefficient (Wildman–Crippen LogP) is 3.04. The van der Waals surface area contributed by atoms with Crippen LogP contribution in [-0.4, -0.2) is 36.5 Å². The first kappa shape index (κ1) is 16.7. The Balaban J connectivity index is 0.00000161. The maximum absolute atomic E-state index is 12.6. The molecule has 2 aliphatic heterocycles. The highest BCUT2D eigenvalue weighted by atomic mass is 35.5. The van der Waals surface area contributed by atoms with Gasteiger partial charge in [-0.2, -0.15) is 11.8 Å². The normalized spacial score (nSPS) is 24.9. The lowest BCUT2D eigenvalue weighted by Gasteiger charge is -2.34. The van der Waals surface area contributed by atoms with Crippen molar-refractivity contribution in [1.29, 1.82) is 0 Å². The van der Waals surface area contributed by atoms with Crippen LogP contribution in [0.3, 0.4) is 0 Å². The molecule has 116 valence electrons. The van der Waals surface area contributed by atoms with Gasteiger partial charge < -0.3 is 10.2 Å². The molecule has 3 rings (SSSR count). The SMILES string of the molecule is CC1CCN(C(=O)CC2CSCCN2)c2ccccc21.Cl. The summed E-state index contributed by atoms with van der Waals surface area (Å²) < 4.78 is 0. The van der Waals surface area contributed by atoms with Crippen molar-refractivity contribution in [3.63, 3.8) is 0 Å². The van der Waals surface area contributed by atoms with Crippen molar-refractivity contribution >= 4 is 35.8 Å². The van der Waals surface area contributed by atoms with E-state index in [9.17, 15) is 4.79 Å². The molecule has 2 aliphatic rings. The highest BCUT2D eigenvalue weighted by Crippen LogP contribution is 2.35. The number of halogens is 1. The first-order chi connectivity index (χ1) is 9.75. The van der Waals surface area contributed by atoms with Crippen molar-refractivity contribution in [1.82, 2.24) is 5.32 Å². The van der Waals surface area contributed by atoms with Crippen LogP contribution < -0.4 is 10.2 Å². The molecule has 2 atom stereocenters. The third-order valence-corrected chi connectivity index (χ3v) is 5.40. The Labute approximate surface area is 137 Å². The van der Waals surface area contributed by atoms with Crippen LogP contribution in [0.4, 0.5) is 5.69 Å². The van der Waals surface area contributed by atoms with Crippen LogP contribution in [0.25, 0.3) is 0 Å². The van der Waals surface area contributed by atoms with Crippen molar-refractivity contribution in [2.24, 2.45) is 0 Å². The largest absolute Gasteiger partial charge is 0.312 e. The van der Waals surface area contributed by atoms with Crippen LogP contribution in [0.1, 0.15) is 31.2 Å². The molecule has 3 nitrogen and oxygen atoms in total. The average molecular weight is 327 g/mol. The molecule has 0 saturated carbocycles. The Morgan fingerprint density at radius 1 is 1.43 bits per heavy atom. The van der Waals surface area contributed by atoms with Crippen LogP contribution in [0.2, 0.25) is 0 Å². The zero-order chi connectivity index (χ0) is 13.9. The zero-order valence-electron chi connectivity index (χ0n) is 12.4. The van der Waals surface area contributed by atoms with Gasteiger partial charge in [-0.3, -0.25) is 4.79 Å². The third-order valence-electron chi connectivity index (χ3n) is 4.26. The maximum Gasteiger partial charge on any atom is 0.228 e. The number of nitrogens with one attached hydrogen (secondary N) is 1. The van der Waals surface area contributed by atoms with E-state index < -0.39 is 0 Å². The Hall–Kier alpha value is -0.710. The van der Waals surface area contributed by atoms with E-state index >= 15 is 0 Å². The number of carbonyl (C=O) groups is 1. The van der Waals surface area contributed by atoms with Gasteiger partial charge in [-0.15, -0.1) is 12.4 Å². The average Bonchev–Trinajstić information content (AvgIpc) is 2.49. The fourth-order valence-corrected chi connectivity index (χ4v) is 4.03. The topological polar surface area (TPSA) is 32.3 Å². The Morgan fingerprint density at radius 3 is 3.00 bits per heavy atom. The minimum Gasteiger partial charge on any atom is -0.312 e.